The summed E-state index contributed by atoms with van der Waals surface area (Å²) in [6.45, 7) is 3.74. The van der Waals surface area contributed by atoms with Crippen LogP contribution >= 0.6 is 0 Å². The monoisotopic (exact) mass is 233 g/mol. The van der Waals surface area contributed by atoms with Crippen LogP contribution in [0.3, 0.4) is 0 Å². The maximum Gasteiger partial charge on any atom is 0.310 e. The molecule has 2 rings (SSSR count). The Labute approximate surface area is 99.6 Å². The van der Waals surface area contributed by atoms with Crippen LogP contribution in [-0.2, 0) is 4.79 Å². The van der Waals surface area contributed by atoms with Crippen LogP contribution < -0.4 is 5.32 Å². The van der Waals surface area contributed by atoms with Gasteiger partial charge in [0.05, 0.1) is 5.92 Å². The van der Waals surface area contributed by atoms with Crippen molar-refractivity contribution in [2.75, 3.05) is 5.32 Å². The van der Waals surface area contributed by atoms with Crippen LogP contribution in [-0.4, -0.2) is 27.1 Å². The Bertz CT molecular complexity index is 451. The fourth-order valence-corrected chi connectivity index (χ4v) is 1.97. The Morgan fingerprint density at radius 1 is 1.41 bits per heavy atom. The molecule has 0 bridgehead atoms. The molecule has 1 aliphatic rings. The first-order valence-electron chi connectivity index (χ1n) is 5.54. The molecule has 17 heavy (non-hydrogen) atoms. The third-order valence-corrected chi connectivity index (χ3v) is 2.70. The third kappa shape index (κ3) is 2.81. The standard InChI is InChI=1S/C12H15N3O2/c1-7-5-11(14-8(2)13-7)15-10-4-3-9(6-10)12(16)17/h3-5,9-10H,6H2,1-2H3,(H,16,17)(H,13,14,15). The Kier molecular flexibility index (Phi) is 3.08. The lowest BCUT2D eigenvalue weighted by Gasteiger charge is -2.13. The fraction of sp³-hybridized carbons (Fsp3) is 0.417. The number of rotatable bonds is 3. The molecule has 0 radical (unpaired) electrons. The second kappa shape index (κ2) is 4.53. The molecule has 1 heterocycles. The van der Waals surface area contributed by atoms with Crippen molar-refractivity contribution in [3.05, 3.63) is 29.7 Å². The smallest absolute Gasteiger partial charge is 0.310 e. The van der Waals surface area contributed by atoms with E-state index in [1.165, 1.54) is 0 Å². The van der Waals surface area contributed by atoms with E-state index in [-0.39, 0.29) is 6.04 Å². The third-order valence-electron chi connectivity index (χ3n) is 2.70. The van der Waals surface area contributed by atoms with Crippen LogP contribution in [0.15, 0.2) is 18.2 Å². The van der Waals surface area contributed by atoms with Gasteiger partial charge in [-0.05, 0) is 20.3 Å². The molecule has 2 N–H and O–H groups in total. The second-order valence-electron chi connectivity index (χ2n) is 4.26. The molecular weight excluding hydrogens is 218 g/mol. The van der Waals surface area contributed by atoms with E-state index in [9.17, 15) is 4.79 Å². The molecule has 0 saturated heterocycles. The largest absolute Gasteiger partial charge is 0.481 e. The molecule has 90 valence electrons. The average Bonchev–Trinajstić information content (AvgIpc) is 2.64. The van der Waals surface area contributed by atoms with Crippen LogP contribution in [0.25, 0.3) is 0 Å². The van der Waals surface area contributed by atoms with Crippen LogP contribution in [0.4, 0.5) is 5.82 Å². The summed E-state index contributed by atoms with van der Waals surface area (Å²) < 4.78 is 0. The topological polar surface area (TPSA) is 75.1 Å². The zero-order valence-corrected chi connectivity index (χ0v) is 9.84. The molecule has 5 nitrogen and oxygen atoms in total. The van der Waals surface area contributed by atoms with Crippen LogP contribution in [0.1, 0.15) is 17.9 Å². The van der Waals surface area contributed by atoms with Gasteiger partial charge >= 0.3 is 5.97 Å². The van der Waals surface area contributed by atoms with Crippen LogP contribution in [0.5, 0.6) is 0 Å². The van der Waals surface area contributed by atoms with Crippen molar-refractivity contribution in [1.29, 1.82) is 0 Å². The van der Waals surface area contributed by atoms with E-state index in [0.717, 1.165) is 11.5 Å². The summed E-state index contributed by atoms with van der Waals surface area (Å²) in [5.74, 6) is 0.289. The van der Waals surface area contributed by atoms with Crippen molar-refractivity contribution < 1.29 is 9.90 Å². The maximum absolute atomic E-state index is 10.8. The number of hydrogen-bond donors (Lipinski definition) is 2. The molecular formula is C12H15N3O2. The molecule has 5 heteroatoms. The summed E-state index contributed by atoms with van der Waals surface area (Å²) in [4.78, 5) is 19.3. The summed E-state index contributed by atoms with van der Waals surface area (Å²) in [5, 5.41) is 12.1. The van der Waals surface area contributed by atoms with Gasteiger partial charge in [-0.25, -0.2) is 9.97 Å². The lowest BCUT2D eigenvalue weighted by atomic mass is 10.1. The van der Waals surface area contributed by atoms with Crippen molar-refractivity contribution in [1.82, 2.24) is 9.97 Å². The Morgan fingerprint density at radius 3 is 2.76 bits per heavy atom. The summed E-state index contributed by atoms with van der Waals surface area (Å²) in [5.41, 5.74) is 0.900. The minimum atomic E-state index is -0.777. The molecule has 1 aliphatic carbocycles. The van der Waals surface area contributed by atoms with Gasteiger partial charge in [0, 0.05) is 17.8 Å². The minimum Gasteiger partial charge on any atom is -0.481 e. The number of carboxylic acids is 1. The molecule has 0 spiro atoms. The van der Waals surface area contributed by atoms with Crippen molar-refractivity contribution in [3.63, 3.8) is 0 Å². The molecule has 1 aromatic rings. The minimum absolute atomic E-state index is 0.0322. The van der Waals surface area contributed by atoms with E-state index >= 15 is 0 Å². The van der Waals surface area contributed by atoms with E-state index in [4.69, 9.17) is 5.11 Å². The fourth-order valence-electron chi connectivity index (χ4n) is 1.97. The highest BCUT2D eigenvalue weighted by Crippen LogP contribution is 2.21. The predicted molar refractivity (Wildman–Crippen MR) is 63.8 cm³/mol. The summed E-state index contributed by atoms with van der Waals surface area (Å²) in [6, 6.07) is 1.89. The summed E-state index contributed by atoms with van der Waals surface area (Å²) in [6.07, 6.45) is 4.17. The van der Waals surface area contributed by atoms with E-state index in [1.807, 2.05) is 26.0 Å². The normalized spacial score (nSPS) is 22.7. The first-order valence-corrected chi connectivity index (χ1v) is 5.54. The molecule has 0 saturated carbocycles. The van der Waals surface area contributed by atoms with Gasteiger partial charge in [-0.15, -0.1) is 0 Å². The quantitative estimate of drug-likeness (QED) is 0.774. The molecule has 2 unspecified atom stereocenters. The highest BCUT2D eigenvalue weighted by Gasteiger charge is 2.24. The highest BCUT2D eigenvalue weighted by atomic mass is 16.4. The van der Waals surface area contributed by atoms with E-state index in [0.29, 0.717) is 12.2 Å². The van der Waals surface area contributed by atoms with Gasteiger partial charge < -0.3 is 10.4 Å². The molecule has 0 aromatic carbocycles. The number of nitrogens with zero attached hydrogens (tertiary/aromatic N) is 2. The van der Waals surface area contributed by atoms with E-state index in [1.54, 1.807) is 6.08 Å². The second-order valence-corrected chi connectivity index (χ2v) is 4.26. The van der Waals surface area contributed by atoms with Gasteiger partial charge in [-0.3, -0.25) is 4.79 Å². The maximum atomic E-state index is 10.8. The Morgan fingerprint density at radius 2 is 2.18 bits per heavy atom. The zero-order chi connectivity index (χ0) is 12.4. The predicted octanol–water partition coefficient (Wildman–Crippen LogP) is 1.53. The van der Waals surface area contributed by atoms with Crippen molar-refractivity contribution in [3.8, 4) is 0 Å². The number of aryl methyl sites for hydroxylation is 2. The highest BCUT2D eigenvalue weighted by molar-refractivity contribution is 5.73. The van der Waals surface area contributed by atoms with Gasteiger partial charge in [0.15, 0.2) is 0 Å². The average molecular weight is 233 g/mol. The van der Waals surface area contributed by atoms with Crippen molar-refractivity contribution >= 4 is 11.8 Å². The van der Waals surface area contributed by atoms with Gasteiger partial charge in [-0.2, -0.15) is 0 Å². The van der Waals surface area contributed by atoms with Crippen molar-refractivity contribution in [2.45, 2.75) is 26.3 Å². The lowest BCUT2D eigenvalue weighted by Crippen LogP contribution is -2.19. The zero-order valence-electron chi connectivity index (χ0n) is 9.84. The van der Waals surface area contributed by atoms with Crippen molar-refractivity contribution in [2.24, 2.45) is 5.92 Å². The van der Waals surface area contributed by atoms with E-state index < -0.39 is 11.9 Å². The summed E-state index contributed by atoms with van der Waals surface area (Å²) in [7, 11) is 0. The molecule has 0 aliphatic heterocycles. The molecule has 2 atom stereocenters. The van der Waals surface area contributed by atoms with E-state index in [2.05, 4.69) is 15.3 Å². The Balaban J connectivity index is 2.03. The number of aliphatic carboxylic acids is 1. The SMILES string of the molecule is Cc1cc(NC2C=CC(C(=O)O)C2)nc(C)n1. The van der Waals surface area contributed by atoms with Gasteiger partial charge in [-0.1, -0.05) is 12.2 Å². The summed E-state index contributed by atoms with van der Waals surface area (Å²) >= 11 is 0. The molecule has 0 amide bonds. The van der Waals surface area contributed by atoms with Gasteiger partial charge in [0.2, 0.25) is 0 Å². The van der Waals surface area contributed by atoms with Gasteiger partial charge in [0.1, 0.15) is 11.6 Å². The first-order chi connectivity index (χ1) is 8.04. The first kappa shape index (κ1) is 11.6. The number of anilines is 1. The lowest BCUT2D eigenvalue weighted by molar-refractivity contribution is -0.140. The number of hydrogen-bond acceptors (Lipinski definition) is 4. The number of carboxylic acid groups (broad SMARTS) is 1. The Hall–Kier alpha value is -1.91. The number of nitrogens with one attached hydrogen (secondary N) is 1. The van der Waals surface area contributed by atoms with Crippen LogP contribution in [0.2, 0.25) is 0 Å². The van der Waals surface area contributed by atoms with Crippen LogP contribution in [0, 0.1) is 19.8 Å². The molecule has 0 fully saturated rings. The molecule has 1 aromatic heterocycles. The van der Waals surface area contributed by atoms with Gasteiger partial charge in [0.25, 0.3) is 0 Å². The number of aromatic nitrogens is 2. The number of carbonyl (C=O) groups is 1.